The van der Waals surface area contributed by atoms with E-state index in [4.69, 9.17) is 11.6 Å². The highest BCUT2D eigenvalue weighted by Gasteiger charge is 2.00. The molecule has 2 heterocycles. The van der Waals surface area contributed by atoms with Gasteiger partial charge in [0.2, 0.25) is 0 Å². The van der Waals surface area contributed by atoms with Crippen molar-refractivity contribution in [1.29, 1.82) is 0 Å². The number of nitrogens with zero attached hydrogens (tertiary/aromatic N) is 3. The van der Waals surface area contributed by atoms with Crippen LogP contribution in [0.2, 0.25) is 5.15 Å². The Hall–Kier alpha value is -1.09. The van der Waals surface area contributed by atoms with Gasteiger partial charge >= 0.3 is 0 Å². The molecule has 2 aromatic rings. The molecule has 2 aromatic heterocycles. The Kier molecular flexibility index (Phi) is 1.32. The van der Waals surface area contributed by atoms with E-state index in [9.17, 15) is 0 Å². The van der Waals surface area contributed by atoms with E-state index in [1.807, 2.05) is 23.7 Å². The van der Waals surface area contributed by atoms with Gasteiger partial charge in [-0.05, 0) is 6.92 Å². The molecule has 0 spiro atoms. The van der Waals surface area contributed by atoms with Crippen LogP contribution in [0.1, 0.15) is 5.69 Å². The number of imidazole rings is 1. The van der Waals surface area contributed by atoms with Gasteiger partial charge < -0.3 is 4.40 Å². The van der Waals surface area contributed by atoms with Crippen LogP contribution in [0.15, 0.2) is 18.6 Å². The number of aromatic nitrogens is 3. The van der Waals surface area contributed by atoms with Crippen molar-refractivity contribution in [3.8, 4) is 0 Å². The molecule has 0 saturated heterocycles. The number of hydrogen-bond donors (Lipinski definition) is 0. The molecule has 0 amide bonds. The van der Waals surface area contributed by atoms with Crippen LogP contribution >= 0.6 is 11.6 Å². The summed E-state index contributed by atoms with van der Waals surface area (Å²) in [6, 6.07) is 0. The third-order valence-electron chi connectivity index (χ3n) is 1.45. The largest absolute Gasteiger partial charge is 0.303 e. The molecule has 0 fully saturated rings. The van der Waals surface area contributed by atoms with Gasteiger partial charge in [0.1, 0.15) is 0 Å². The zero-order valence-corrected chi connectivity index (χ0v) is 6.71. The maximum atomic E-state index is 5.81. The predicted molar refractivity (Wildman–Crippen MR) is 42.7 cm³/mol. The zero-order chi connectivity index (χ0) is 7.84. The van der Waals surface area contributed by atoms with Gasteiger partial charge in [0, 0.05) is 18.6 Å². The summed E-state index contributed by atoms with van der Waals surface area (Å²) in [5, 5.41) is 0.454. The van der Waals surface area contributed by atoms with E-state index in [0.717, 1.165) is 5.69 Å². The molecule has 0 aliphatic rings. The highest BCUT2D eigenvalue weighted by atomic mass is 35.5. The monoisotopic (exact) mass is 167 g/mol. The van der Waals surface area contributed by atoms with Crippen LogP contribution in [0.5, 0.6) is 0 Å². The molecule has 0 aromatic carbocycles. The van der Waals surface area contributed by atoms with Gasteiger partial charge in [-0.3, -0.25) is 0 Å². The molecular formula is C7H6ClN3. The summed E-state index contributed by atoms with van der Waals surface area (Å²) < 4.78 is 1.85. The molecule has 0 radical (unpaired) electrons. The minimum absolute atomic E-state index is 0.454. The van der Waals surface area contributed by atoms with Crippen molar-refractivity contribution in [2.24, 2.45) is 0 Å². The first-order valence-electron chi connectivity index (χ1n) is 3.23. The summed E-state index contributed by atoms with van der Waals surface area (Å²) in [6.45, 7) is 1.89. The lowest BCUT2D eigenvalue weighted by atomic mass is 10.5. The second-order valence-electron chi connectivity index (χ2n) is 2.33. The normalized spacial score (nSPS) is 10.7. The van der Waals surface area contributed by atoms with Gasteiger partial charge in [0.25, 0.3) is 0 Å². The third-order valence-corrected chi connectivity index (χ3v) is 1.71. The van der Waals surface area contributed by atoms with Gasteiger partial charge in [-0.15, -0.1) is 0 Å². The second-order valence-corrected chi connectivity index (χ2v) is 2.69. The summed E-state index contributed by atoms with van der Waals surface area (Å²) in [7, 11) is 0. The van der Waals surface area contributed by atoms with E-state index in [2.05, 4.69) is 9.97 Å². The summed E-state index contributed by atoms with van der Waals surface area (Å²) in [4.78, 5) is 8.08. The van der Waals surface area contributed by atoms with Crippen LogP contribution in [0.3, 0.4) is 0 Å². The molecule has 4 heteroatoms. The molecule has 0 atom stereocenters. The fraction of sp³-hybridized carbons (Fsp3) is 0.143. The van der Waals surface area contributed by atoms with Crippen molar-refractivity contribution in [1.82, 2.24) is 14.4 Å². The van der Waals surface area contributed by atoms with Crippen molar-refractivity contribution >= 4 is 17.2 Å². The Morgan fingerprint density at radius 3 is 3.18 bits per heavy atom. The van der Waals surface area contributed by atoms with Crippen LogP contribution in [0, 0.1) is 6.92 Å². The van der Waals surface area contributed by atoms with Gasteiger partial charge in [-0.2, -0.15) is 0 Å². The van der Waals surface area contributed by atoms with E-state index in [-0.39, 0.29) is 0 Å². The van der Waals surface area contributed by atoms with Crippen LogP contribution in [0.25, 0.3) is 5.65 Å². The number of hydrogen-bond acceptors (Lipinski definition) is 2. The Labute approximate surface area is 68.7 Å². The van der Waals surface area contributed by atoms with Crippen molar-refractivity contribution in [3.63, 3.8) is 0 Å². The molecule has 0 unspecified atom stereocenters. The van der Waals surface area contributed by atoms with E-state index >= 15 is 0 Å². The average Bonchev–Trinajstić information content (AvgIpc) is 2.34. The number of aryl methyl sites for hydroxylation is 1. The summed E-state index contributed by atoms with van der Waals surface area (Å²) >= 11 is 5.81. The summed E-state index contributed by atoms with van der Waals surface area (Å²) in [5.41, 5.74) is 1.60. The zero-order valence-electron chi connectivity index (χ0n) is 5.95. The van der Waals surface area contributed by atoms with Crippen molar-refractivity contribution < 1.29 is 0 Å². The third kappa shape index (κ3) is 0.973. The minimum Gasteiger partial charge on any atom is -0.303 e. The molecule has 0 aliphatic carbocycles. The quantitative estimate of drug-likeness (QED) is 0.598. The first-order valence-corrected chi connectivity index (χ1v) is 3.61. The van der Waals surface area contributed by atoms with Crippen molar-refractivity contribution in [3.05, 3.63) is 29.4 Å². The Bertz CT molecular complexity index is 393. The predicted octanol–water partition coefficient (Wildman–Crippen LogP) is 1.69. The number of rotatable bonds is 0. The van der Waals surface area contributed by atoms with Crippen LogP contribution in [0.4, 0.5) is 0 Å². The first kappa shape index (κ1) is 6.61. The standard InChI is InChI=1S/C7H6ClN3/c1-5-4-11-3-2-9-7(11)6(8)10-5/h2-4H,1H3. The molecule has 0 bridgehead atoms. The van der Waals surface area contributed by atoms with Gasteiger partial charge in [0.15, 0.2) is 10.8 Å². The Morgan fingerprint density at radius 1 is 1.55 bits per heavy atom. The van der Waals surface area contributed by atoms with Gasteiger partial charge in [0.05, 0.1) is 5.69 Å². The molecule has 11 heavy (non-hydrogen) atoms. The molecule has 56 valence electrons. The fourth-order valence-electron chi connectivity index (χ4n) is 1.01. The van der Waals surface area contributed by atoms with Crippen LogP contribution < -0.4 is 0 Å². The lowest BCUT2D eigenvalue weighted by Gasteiger charge is -1.96. The number of fused-ring (bicyclic) bond motifs is 1. The summed E-state index contributed by atoms with van der Waals surface area (Å²) in [6.07, 6.45) is 5.42. The van der Waals surface area contributed by atoms with Crippen LogP contribution in [-0.2, 0) is 0 Å². The molecule has 0 N–H and O–H groups in total. The molecule has 0 aliphatic heterocycles. The first-order chi connectivity index (χ1) is 5.27. The molecule has 2 rings (SSSR count). The topological polar surface area (TPSA) is 30.2 Å². The van der Waals surface area contributed by atoms with Gasteiger partial charge in [-0.1, -0.05) is 11.6 Å². The maximum absolute atomic E-state index is 5.81. The van der Waals surface area contributed by atoms with E-state index in [0.29, 0.717) is 10.8 Å². The fourth-order valence-corrected chi connectivity index (χ4v) is 1.29. The van der Waals surface area contributed by atoms with E-state index in [1.165, 1.54) is 0 Å². The molecular weight excluding hydrogens is 162 g/mol. The molecule has 3 nitrogen and oxygen atoms in total. The highest BCUT2D eigenvalue weighted by molar-refractivity contribution is 6.32. The Morgan fingerprint density at radius 2 is 2.36 bits per heavy atom. The average molecular weight is 168 g/mol. The van der Waals surface area contributed by atoms with E-state index in [1.54, 1.807) is 6.20 Å². The van der Waals surface area contributed by atoms with Gasteiger partial charge in [-0.25, -0.2) is 9.97 Å². The maximum Gasteiger partial charge on any atom is 0.174 e. The Balaban J connectivity index is 2.91. The number of halogens is 1. The minimum atomic E-state index is 0.454. The molecule has 0 saturated carbocycles. The SMILES string of the molecule is Cc1cn2ccnc2c(Cl)n1. The van der Waals surface area contributed by atoms with E-state index < -0.39 is 0 Å². The van der Waals surface area contributed by atoms with Crippen molar-refractivity contribution in [2.45, 2.75) is 6.92 Å². The van der Waals surface area contributed by atoms with Crippen LogP contribution in [-0.4, -0.2) is 14.4 Å². The smallest absolute Gasteiger partial charge is 0.174 e. The van der Waals surface area contributed by atoms with Crippen molar-refractivity contribution in [2.75, 3.05) is 0 Å². The highest BCUT2D eigenvalue weighted by Crippen LogP contribution is 2.12. The lowest BCUT2D eigenvalue weighted by Crippen LogP contribution is -1.90. The summed E-state index contributed by atoms with van der Waals surface area (Å²) in [5.74, 6) is 0. The lowest BCUT2D eigenvalue weighted by molar-refractivity contribution is 1.07. The second kappa shape index (κ2) is 2.20.